The summed E-state index contributed by atoms with van der Waals surface area (Å²) in [4.78, 5) is 12.3. The molecule has 0 bridgehead atoms. The molecule has 20 heavy (non-hydrogen) atoms. The Bertz CT molecular complexity index is 795. The van der Waals surface area contributed by atoms with Crippen LogP contribution in [0.15, 0.2) is 47.1 Å². The molecule has 1 heterocycles. The molecule has 0 spiro atoms. The number of aromatic nitrogens is 2. The van der Waals surface area contributed by atoms with E-state index in [1.807, 2.05) is 43.3 Å². The topological polar surface area (TPSA) is 57.8 Å². The van der Waals surface area contributed by atoms with E-state index in [0.29, 0.717) is 5.56 Å². The maximum absolute atomic E-state index is 12.3. The Balaban J connectivity index is 1.90. The molecule has 0 fully saturated rings. The smallest absolute Gasteiger partial charge is 0.255 e. The van der Waals surface area contributed by atoms with E-state index in [2.05, 4.69) is 31.4 Å². The molecule has 3 rings (SSSR count). The normalized spacial score (nSPS) is 10.7. The van der Waals surface area contributed by atoms with Gasteiger partial charge in [-0.15, -0.1) is 0 Å². The molecule has 0 saturated heterocycles. The number of anilines is 1. The van der Waals surface area contributed by atoms with Gasteiger partial charge in [-0.2, -0.15) is 5.10 Å². The molecule has 0 unspecified atom stereocenters. The Morgan fingerprint density at radius 3 is 3.00 bits per heavy atom. The van der Waals surface area contributed by atoms with E-state index >= 15 is 0 Å². The van der Waals surface area contributed by atoms with Crippen LogP contribution in [0.5, 0.6) is 0 Å². The standard InChI is InChI=1S/C15H12BrN3O/c1-9-12(3-2-4-13(9)16)15(20)18-11-6-5-10-8-17-19-14(10)7-11/h2-8H,1H3,(H,17,19)(H,18,20). The second kappa shape index (κ2) is 5.09. The van der Waals surface area contributed by atoms with Gasteiger partial charge >= 0.3 is 0 Å². The minimum atomic E-state index is -0.123. The lowest BCUT2D eigenvalue weighted by atomic mass is 10.1. The van der Waals surface area contributed by atoms with Crippen molar-refractivity contribution in [3.8, 4) is 0 Å². The summed E-state index contributed by atoms with van der Waals surface area (Å²) < 4.78 is 0.925. The number of hydrogen-bond acceptors (Lipinski definition) is 2. The maximum Gasteiger partial charge on any atom is 0.255 e. The molecule has 2 N–H and O–H groups in total. The lowest BCUT2D eigenvalue weighted by Crippen LogP contribution is -2.13. The molecule has 0 radical (unpaired) electrons. The van der Waals surface area contributed by atoms with E-state index in [9.17, 15) is 4.79 Å². The minimum Gasteiger partial charge on any atom is -0.322 e. The fraction of sp³-hybridized carbons (Fsp3) is 0.0667. The van der Waals surface area contributed by atoms with Crippen molar-refractivity contribution in [1.82, 2.24) is 10.2 Å². The first-order valence-electron chi connectivity index (χ1n) is 6.15. The van der Waals surface area contributed by atoms with Crippen LogP contribution in [-0.4, -0.2) is 16.1 Å². The second-order valence-corrected chi connectivity index (χ2v) is 5.39. The summed E-state index contributed by atoms with van der Waals surface area (Å²) in [5.74, 6) is -0.123. The first-order valence-corrected chi connectivity index (χ1v) is 6.94. The summed E-state index contributed by atoms with van der Waals surface area (Å²) in [7, 11) is 0. The van der Waals surface area contributed by atoms with Crippen LogP contribution in [0.1, 0.15) is 15.9 Å². The predicted molar refractivity (Wildman–Crippen MR) is 82.9 cm³/mol. The maximum atomic E-state index is 12.3. The highest BCUT2D eigenvalue weighted by atomic mass is 79.9. The van der Waals surface area contributed by atoms with Gasteiger partial charge < -0.3 is 5.32 Å². The highest BCUT2D eigenvalue weighted by molar-refractivity contribution is 9.10. The van der Waals surface area contributed by atoms with Crippen molar-refractivity contribution in [3.63, 3.8) is 0 Å². The molecule has 0 aliphatic carbocycles. The summed E-state index contributed by atoms with van der Waals surface area (Å²) >= 11 is 3.43. The fourth-order valence-corrected chi connectivity index (χ4v) is 2.43. The van der Waals surface area contributed by atoms with Crippen molar-refractivity contribution < 1.29 is 4.79 Å². The summed E-state index contributed by atoms with van der Waals surface area (Å²) in [6.45, 7) is 1.91. The van der Waals surface area contributed by atoms with Gasteiger partial charge in [0.25, 0.3) is 5.91 Å². The van der Waals surface area contributed by atoms with E-state index in [-0.39, 0.29) is 5.91 Å². The molecular weight excluding hydrogens is 318 g/mol. The van der Waals surface area contributed by atoms with Gasteiger partial charge in [0.1, 0.15) is 0 Å². The molecule has 0 saturated carbocycles. The van der Waals surface area contributed by atoms with E-state index in [1.165, 1.54) is 0 Å². The summed E-state index contributed by atoms with van der Waals surface area (Å²) in [6.07, 6.45) is 1.75. The second-order valence-electron chi connectivity index (χ2n) is 4.54. The molecule has 1 aromatic heterocycles. The number of carbonyl (C=O) groups is 1. The molecule has 3 aromatic rings. The van der Waals surface area contributed by atoms with Gasteiger partial charge in [0.15, 0.2) is 0 Å². The molecular formula is C15H12BrN3O. The minimum absolute atomic E-state index is 0.123. The summed E-state index contributed by atoms with van der Waals surface area (Å²) in [5, 5.41) is 10.8. The third kappa shape index (κ3) is 2.32. The molecule has 1 amide bonds. The van der Waals surface area contributed by atoms with Crippen molar-refractivity contribution in [2.45, 2.75) is 6.92 Å². The lowest BCUT2D eigenvalue weighted by molar-refractivity contribution is 0.102. The predicted octanol–water partition coefficient (Wildman–Crippen LogP) is 3.89. The van der Waals surface area contributed by atoms with Gasteiger partial charge in [-0.25, -0.2) is 0 Å². The van der Waals surface area contributed by atoms with Crippen molar-refractivity contribution in [1.29, 1.82) is 0 Å². The molecule has 4 nitrogen and oxygen atoms in total. The quantitative estimate of drug-likeness (QED) is 0.749. The number of nitrogens with zero attached hydrogens (tertiary/aromatic N) is 1. The summed E-state index contributed by atoms with van der Waals surface area (Å²) in [6, 6.07) is 11.2. The van der Waals surface area contributed by atoms with Crippen LogP contribution in [0.4, 0.5) is 5.69 Å². The summed E-state index contributed by atoms with van der Waals surface area (Å²) in [5.41, 5.74) is 3.22. The number of nitrogens with one attached hydrogen (secondary N) is 2. The highest BCUT2D eigenvalue weighted by Crippen LogP contribution is 2.21. The van der Waals surface area contributed by atoms with Crippen LogP contribution in [-0.2, 0) is 0 Å². The Morgan fingerprint density at radius 2 is 2.15 bits per heavy atom. The van der Waals surface area contributed by atoms with Gasteiger partial charge in [0.2, 0.25) is 0 Å². The average Bonchev–Trinajstić information content (AvgIpc) is 2.89. The van der Waals surface area contributed by atoms with E-state index in [4.69, 9.17) is 0 Å². The van der Waals surface area contributed by atoms with E-state index in [0.717, 1.165) is 26.6 Å². The van der Waals surface area contributed by atoms with Gasteiger partial charge in [-0.1, -0.05) is 22.0 Å². The Labute approximate surface area is 124 Å². The zero-order chi connectivity index (χ0) is 14.1. The zero-order valence-corrected chi connectivity index (χ0v) is 12.4. The van der Waals surface area contributed by atoms with Crippen LogP contribution in [0.25, 0.3) is 10.9 Å². The largest absolute Gasteiger partial charge is 0.322 e. The van der Waals surface area contributed by atoms with Gasteiger partial charge in [0.05, 0.1) is 11.7 Å². The van der Waals surface area contributed by atoms with Gasteiger partial charge in [0, 0.05) is 21.1 Å². The zero-order valence-electron chi connectivity index (χ0n) is 10.8. The van der Waals surface area contributed by atoms with Crippen LogP contribution >= 0.6 is 15.9 Å². The molecule has 0 aliphatic rings. The average molecular weight is 330 g/mol. The number of benzene rings is 2. The Kier molecular flexibility index (Phi) is 3.28. The van der Waals surface area contributed by atoms with Crippen LogP contribution in [0.2, 0.25) is 0 Å². The molecule has 5 heteroatoms. The number of rotatable bonds is 2. The van der Waals surface area contributed by atoms with Crippen LogP contribution in [0, 0.1) is 6.92 Å². The lowest BCUT2D eigenvalue weighted by Gasteiger charge is -2.09. The van der Waals surface area contributed by atoms with Crippen molar-refractivity contribution in [2.24, 2.45) is 0 Å². The monoisotopic (exact) mass is 329 g/mol. The van der Waals surface area contributed by atoms with Gasteiger partial charge in [-0.3, -0.25) is 9.89 Å². The van der Waals surface area contributed by atoms with E-state index < -0.39 is 0 Å². The number of hydrogen-bond donors (Lipinski definition) is 2. The molecule has 0 aliphatic heterocycles. The Hall–Kier alpha value is -2.14. The van der Waals surface area contributed by atoms with Crippen LogP contribution in [0.3, 0.4) is 0 Å². The van der Waals surface area contributed by atoms with Crippen LogP contribution < -0.4 is 5.32 Å². The number of aromatic amines is 1. The third-order valence-electron chi connectivity index (χ3n) is 3.21. The highest BCUT2D eigenvalue weighted by Gasteiger charge is 2.11. The number of carbonyl (C=O) groups excluding carboxylic acids is 1. The first-order chi connectivity index (χ1) is 9.65. The number of halogens is 1. The third-order valence-corrected chi connectivity index (χ3v) is 4.07. The van der Waals surface area contributed by atoms with Crippen molar-refractivity contribution in [3.05, 3.63) is 58.2 Å². The first kappa shape index (κ1) is 12.9. The van der Waals surface area contributed by atoms with E-state index in [1.54, 1.807) is 6.20 Å². The molecule has 2 aromatic carbocycles. The van der Waals surface area contributed by atoms with Crippen molar-refractivity contribution in [2.75, 3.05) is 5.32 Å². The SMILES string of the molecule is Cc1c(Br)cccc1C(=O)Nc1ccc2cn[nH]c2c1. The molecule has 0 atom stereocenters. The number of fused-ring (bicyclic) bond motifs is 1. The molecule has 100 valence electrons. The van der Waals surface area contributed by atoms with Crippen molar-refractivity contribution >= 4 is 38.4 Å². The van der Waals surface area contributed by atoms with Gasteiger partial charge in [-0.05, 0) is 42.8 Å². The number of amides is 1. The number of H-pyrrole nitrogens is 1. The Morgan fingerprint density at radius 1 is 1.30 bits per heavy atom. The fourth-order valence-electron chi connectivity index (χ4n) is 2.07.